The van der Waals surface area contributed by atoms with Crippen LogP contribution in [-0.4, -0.2) is 62.8 Å². The lowest BCUT2D eigenvalue weighted by molar-refractivity contribution is -0.136. The molecule has 2 aromatic rings. The highest BCUT2D eigenvalue weighted by atomic mass is 16.2. The summed E-state index contributed by atoms with van der Waals surface area (Å²) in [4.78, 5) is 16.8. The summed E-state index contributed by atoms with van der Waals surface area (Å²) in [5.41, 5.74) is 6.83. The number of nitrogens with two attached hydrogens (primary N) is 1. The van der Waals surface area contributed by atoms with Crippen molar-refractivity contribution in [3.63, 3.8) is 0 Å². The quantitative estimate of drug-likeness (QED) is 0.847. The summed E-state index contributed by atoms with van der Waals surface area (Å²) < 4.78 is 1.75. The van der Waals surface area contributed by atoms with Crippen LogP contribution in [0.2, 0.25) is 0 Å². The molecule has 1 amide bonds. The molecule has 2 atom stereocenters. The van der Waals surface area contributed by atoms with Gasteiger partial charge in [-0.05, 0) is 31.9 Å². The van der Waals surface area contributed by atoms with Crippen LogP contribution < -0.4 is 10.6 Å². The third kappa shape index (κ3) is 2.60. The van der Waals surface area contributed by atoms with E-state index in [1.807, 2.05) is 24.0 Å². The van der Waals surface area contributed by atoms with Gasteiger partial charge >= 0.3 is 0 Å². The zero-order chi connectivity index (χ0) is 16.7. The molecule has 2 unspecified atom stereocenters. The normalized spacial score (nSPS) is 24.8. The number of rotatable bonds is 2. The molecule has 2 N–H and O–H groups in total. The maximum atomic E-state index is 12.6. The molecular formula is C16H23N7O. The molecule has 1 saturated heterocycles. The second kappa shape index (κ2) is 6.01. The van der Waals surface area contributed by atoms with Crippen LogP contribution >= 0.6 is 0 Å². The Labute approximate surface area is 140 Å². The van der Waals surface area contributed by atoms with Gasteiger partial charge in [0.1, 0.15) is 5.82 Å². The first-order valence-corrected chi connectivity index (χ1v) is 8.62. The lowest BCUT2D eigenvalue weighted by atomic mass is 10.0. The molecule has 4 rings (SSSR count). The molecule has 0 spiro atoms. The molecule has 0 radical (unpaired) electrons. The van der Waals surface area contributed by atoms with Crippen LogP contribution in [0.3, 0.4) is 0 Å². The monoisotopic (exact) mass is 329 g/mol. The Hall–Kier alpha value is -2.22. The Balaban J connectivity index is 1.43. The summed E-state index contributed by atoms with van der Waals surface area (Å²) in [7, 11) is 0. The van der Waals surface area contributed by atoms with E-state index in [-0.39, 0.29) is 17.9 Å². The highest BCUT2D eigenvalue weighted by molar-refractivity contribution is 5.80. The molecule has 8 heteroatoms. The van der Waals surface area contributed by atoms with E-state index in [1.165, 1.54) is 0 Å². The summed E-state index contributed by atoms with van der Waals surface area (Å²) in [6.07, 6.45) is 2.98. The first-order valence-electron chi connectivity index (χ1n) is 8.62. The highest BCUT2D eigenvalue weighted by Gasteiger charge is 2.34. The van der Waals surface area contributed by atoms with E-state index in [0.717, 1.165) is 62.7 Å². The number of carbonyl (C=O) groups excluding carboxylic acids is 1. The van der Waals surface area contributed by atoms with E-state index in [2.05, 4.69) is 20.2 Å². The summed E-state index contributed by atoms with van der Waals surface area (Å²) in [6.45, 7) is 4.91. The number of hydrogen-bond donors (Lipinski definition) is 1. The minimum Gasteiger partial charge on any atom is -0.352 e. The zero-order valence-electron chi connectivity index (χ0n) is 13.9. The van der Waals surface area contributed by atoms with E-state index >= 15 is 0 Å². The van der Waals surface area contributed by atoms with Gasteiger partial charge in [0.2, 0.25) is 5.91 Å². The molecule has 0 aromatic carbocycles. The standard InChI is InChI=1S/C16H23N7O/c1-11-18-19-14-5-6-15(20-23(11)14)21-7-9-22(10-8-21)16(24)12-3-2-4-13(12)17/h5-6,12-13H,2-4,7-10,17H2,1H3. The molecule has 3 heterocycles. The van der Waals surface area contributed by atoms with Crippen molar-refractivity contribution in [2.45, 2.75) is 32.2 Å². The van der Waals surface area contributed by atoms with Gasteiger partial charge in [-0.2, -0.15) is 4.52 Å². The largest absolute Gasteiger partial charge is 0.352 e. The van der Waals surface area contributed by atoms with Crippen LogP contribution in [0.4, 0.5) is 5.82 Å². The molecular weight excluding hydrogens is 306 g/mol. The van der Waals surface area contributed by atoms with Gasteiger partial charge in [0, 0.05) is 32.2 Å². The summed E-state index contributed by atoms with van der Waals surface area (Å²) in [5.74, 6) is 1.93. The number of hydrogen-bond acceptors (Lipinski definition) is 6. The molecule has 1 aliphatic carbocycles. The van der Waals surface area contributed by atoms with Crippen molar-refractivity contribution in [1.82, 2.24) is 24.7 Å². The number of nitrogens with zero attached hydrogens (tertiary/aromatic N) is 6. The highest BCUT2D eigenvalue weighted by Crippen LogP contribution is 2.26. The third-order valence-corrected chi connectivity index (χ3v) is 5.21. The lowest BCUT2D eigenvalue weighted by Gasteiger charge is -2.37. The van der Waals surface area contributed by atoms with Gasteiger partial charge in [0.15, 0.2) is 11.5 Å². The van der Waals surface area contributed by atoms with Crippen LogP contribution in [0.25, 0.3) is 5.65 Å². The minimum absolute atomic E-state index is 0.0192. The molecule has 2 aliphatic rings. The van der Waals surface area contributed by atoms with Crippen molar-refractivity contribution < 1.29 is 4.79 Å². The van der Waals surface area contributed by atoms with Gasteiger partial charge in [-0.25, -0.2) is 0 Å². The topological polar surface area (TPSA) is 92.7 Å². The summed E-state index contributed by atoms with van der Waals surface area (Å²) in [5, 5.41) is 12.7. The Morgan fingerprint density at radius 3 is 2.67 bits per heavy atom. The molecule has 2 aromatic heterocycles. The van der Waals surface area contributed by atoms with E-state index in [4.69, 9.17) is 5.73 Å². The number of carbonyl (C=O) groups is 1. The Morgan fingerprint density at radius 2 is 1.96 bits per heavy atom. The van der Waals surface area contributed by atoms with Crippen LogP contribution in [-0.2, 0) is 4.79 Å². The van der Waals surface area contributed by atoms with E-state index in [9.17, 15) is 4.79 Å². The van der Waals surface area contributed by atoms with Gasteiger partial charge in [0.05, 0.1) is 5.92 Å². The minimum atomic E-state index is 0.0192. The third-order valence-electron chi connectivity index (χ3n) is 5.21. The van der Waals surface area contributed by atoms with Crippen molar-refractivity contribution in [2.24, 2.45) is 11.7 Å². The zero-order valence-corrected chi connectivity index (χ0v) is 13.9. The Kier molecular flexibility index (Phi) is 3.84. The van der Waals surface area contributed by atoms with Crippen molar-refractivity contribution in [3.8, 4) is 0 Å². The first-order chi connectivity index (χ1) is 11.6. The number of fused-ring (bicyclic) bond motifs is 1. The SMILES string of the molecule is Cc1nnc2ccc(N3CCN(C(=O)C4CCCC4N)CC3)nn12. The lowest BCUT2D eigenvalue weighted by Crippen LogP contribution is -2.52. The van der Waals surface area contributed by atoms with Gasteiger partial charge in [0.25, 0.3) is 0 Å². The fraction of sp³-hybridized carbons (Fsp3) is 0.625. The fourth-order valence-corrected chi connectivity index (χ4v) is 3.74. The summed E-state index contributed by atoms with van der Waals surface area (Å²) >= 11 is 0. The predicted molar refractivity (Wildman–Crippen MR) is 89.6 cm³/mol. The van der Waals surface area contributed by atoms with Gasteiger partial charge in [-0.1, -0.05) is 6.42 Å². The molecule has 0 bridgehead atoms. The molecule has 128 valence electrons. The van der Waals surface area contributed by atoms with Crippen molar-refractivity contribution in [2.75, 3.05) is 31.1 Å². The second-order valence-electron chi connectivity index (χ2n) is 6.72. The maximum absolute atomic E-state index is 12.6. The molecule has 1 saturated carbocycles. The van der Waals surface area contributed by atoms with Crippen LogP contribution in [0.1, 0.15) is 25.1 Å². The number of amides is 1. The van der Waals surface area contributed by atoms with Crippen LogP contribution in [0, 0.1) is 12.8 Å². The molecule has 2 fully saturated rings. The van der Waals surface area contributed by atoms with E-state index in [0.29, 0.717) is 0 Å². The molecule has 24 heavy (non-hydrogen) atoms. The van der Waals surface area contributed by atoms with Gasteiger partial charge in [-0.15, -0.1) is 15.3 Å². The van der Waals surface area contributed by atoms with Gasteiger partial charge < -0.3 is 15.5 Å². The maximum Gasteiger partial charge on any atom is 0.227 e. The fourth-order valence-electron chi connectivity index (χ4n) is 3.74. The van der Waals surface area contributed by atoms with Crippen molar-refractivity contribution in [1.29, 1.82) is 0 Å². The molecule has 1 aliphatic heterocycles. The Morgan fingerprint density at radius 1 is 1.17 bits per heavy atom. The first kappa shape index (κ1) is 15.3. The number of piperazine rings is 1. The Bertz CT molecular complexity index is 750. The predicted octanol–water partition coefficient (Wildman–Crippen LogP) is 0.209. The number of anilines is 1. The smallest absolute Gasteiger partial charge is 0.227 e. The second-order valence-corrected chi connectivity index (χ2v) is 6.72. The van der Waals surface area contributed by atoms with Crippen LogP contribution in [0.5, 0.6) is 0 Å². The van der Waals surface area contributed by atoms with E-state index < -0.39 is 0 Å². The average molecular weight is 329 g/mol. The van der Waals surface area contributed by atoms with Gasteiger partial charge in [-0.3, -0.25) is 4.79 Å². The average Bonchev–Trinajstić information content (AvgIpc) is 3.20. The van der Waals surface area contributed by atoms with Crippen molar-refractivity contribution in [3.05, 3.63) is 18.0 Å². The molecule has 8 nitrogen and oxygen atoms in total. The van der Waals surface area contributed by atoms with Crippen LogP contribution in [0.15, 0.2) is 12.1 Å². The number of aryl methyl sites for hydroxylation is 1. The summed E-state index contributed by atoms with van der Waals surface area (Å²) in [6, 6.07) is 3.93. The van der Waals surface area contributed by atoms with Crippen molar-refractivity contribution >= 4 is 17.4 Å². The number of aromatic nitrogens is 4. The van der Waals surface area contributed by atoms with E-state index in [1.54, 1.807) is 4.52 Å².